The van der Waals surface area contributed by atoms with Gasteiger partial charge in [-0.3, -0.25) is 4.79 Å². The van der Waals surface area contributed by atoms with E-state index in [0.717, 1.165) is 0 Å². The van der Waals surface area contributed by atoms with Crippen LogP contribution in [0.5, 0.6) is 0 Å². The van der Waals surface area contributed by atoms with Gasteiger partial charge >= 0.3 is 11.9 Å². The van der Waals surface area contributed by atoms with Crippen LogP contribution in [0.3, 0.4) is 0 Å². The molecule has 8 heteroatoms. The van der Waals surface area contributed by atoms with Crippen molar-refractivity contribution in [2.75, 3.05) is 6.61 Å². The number of hydrogen-bond acceptors (Lipinski definition) is 4. The van der Waals surface area contributed by atoms with Gasteiger partial charge in [-0.25, -0.2) is 18.0 Å². The lowest BCUT2D eigenvalue weighted by molar-refractivity contribution is -0.143. The van der Waals surface area contributed by atoms with Crippen LogP contribution in [-0.4, -0.2) is 23.7 Å². The highest BCUT2D eigenvalue weighted by Gasteiger charge is 2.32. The van der Waals surface area contributed by atoms with Gasteiger partial charge in [-0.2, -0.15) is 5.26 Å². The molecule has 106 valence electrons. The van der Waals surface area contributed by atoms with Crippen molar-refractivity contribution in [1.29, 1.82) is 5.26 Å². The SMILES string of the molecule is CCOC(=O)C(C#N)c1c(F)cc(C(=O)O)c(F)c1F. The molecule has 0 radical (unpaired) electrons. The number of carboxylic acids is 1. The fourth-order valence-electron chi connectivity index (χ4n) is 1.49. The fourth-order valence-corrected chi connectivity index (χ4v) is 1.49. The van der Waals surface area contributed by atoms with Crippen LogP contribution in [0.1, 0.15) is 28.8 Å². The van der Waals surface area contributed by atoms with E-state index in [1.165, 1.54) is 13.0 Å². The third kappa shape index (κ3) is 2.71. The number of ether oxygens (including phenoxy) is 1. The standard InChI is InChI=1S/C12H8F3NO4/c1-2-20-12(19)6(4-16)8-7(13)3-5(11(17)18)9(14)10(8)15/h3,6H,2H2,1H3,(H,17,18). The molecule has 0 heterocycles. The molecule has 0 bridgehead atoms. The first-order valence-electron chi connectivity index (χ1n) is 5.32. The van der Waals surface area contributed by atoms with Gasteiger partial charge in [0, 0.05) is 0 Å². The maximum atomic E-state index is 13.7. The number of carbonyl (C=O) groups is 2. The molecular formula is C12H8F3NO4. The Kier molecular flexibility index (Phi) is 4.69. The molecule has 1 unspecified atom stereocenters. The number of carboxylic acid groups (broad SMARTS) is 1. The Morgan fingerprint density at radius 2 is 2.00 bits per heavy atom. The van der Waals surface area contributed by atoms with Crippen molar-refractivity contribution in [3.05, 3.63) is 34.6 Å². The molecule has 0 fully saturated rings. The van der Waals surface area contributed by atoms with E-state index in [-0.39, 0.29) is 12.7 Å². The summed E-state index contributed by atoms with van der Waals surface area (Å²) in [5.41, 5.74) is -2.40. The number of halogens is 3. The topological polar surface area (TPSA) is 87.4 Å². The first-order chi connectivity index (χ1) is 9.34. The number of rotatable bonds is 4. The van der Waals surface area contributed by atoms with Crippen LogP contribution in [-0.2, 0) is 9.53 Å². The molecule has 1 aromatic carbocycles. The molecule has 0 saturated carbocycles. The van der Waals surface area contributed by atoms with E-state index in [1.54, 1.807) is 0 Å². The number of benzene rings is 1. The highest BCUT2D eigenvalue weighted by atomic mass is 19.2. The lowest BCUT2D eigenvalue weighted by atomic mass is 9.97. The predicted molar refractivity (Wildman–Crippen MR) is 58.3 cm³/mol. The summed E-state index contributed by atoms with van der Waals surface area (Å²) in [5.74, 6) is -10.4. The van der Waals surface area contributed by atoms with E-state index < -0.39 is 46.4 Å². The normalized spacial score (nSPS) is 11.6. The Morgan fingerprint density at radius 1 is 1.40 bits per heavy atom. The number of aromatic carboxylic acids is 1. The minimum absolute atomic E-state index is 0.143. The average Bonchev–Trinajstić information content (AvgIpc) is 2.38. The van der Waals surface area contributed by atoms with Gasteiger partial charge in [-0.15, -0.1) is 0 Å². The molecule has 0 aliphatic carbocycles. The summed E-state index contributed by atoms with van der Waals surface area (Å²) in [6.07, 6.45) is 0. The minimum atomic E-state index is -2.02. The summed E-state index contributed by atoms with van der Waals surface area (Å²) >= 11 is 0. The van der Waals surface area contributed by atoms with Crippen LogP contribution in [0, 0.1) is 28.8 Å². The zero-order chi connectivity index (χ0) is 15.4. The van der Waals surface area contributed by atoms with Gasteiger partial charge in [0.15, 0.2) is 17.6 Å². The van der Waals surface area contributed by atoms with E-state index in [2.05, 4.69) is 4.74 Å². The largest absolute Gasteiger partial charge is 0.478 e. The van der Waals surface area contributed by atoms with Crippen LogP contribution in [0.2, 0.25) is 0 Å². The number of nitriles is 1. The lowest BCUT2D eigenvalue weighted by Crippen LogP contribution is -2.19. The molecule has 0 aliphatic rings. The van der Waals surface area contributed by atoms with Crippen LogP contribution >= 0.6 is 0 Å². The Morgan fingerprint density at radius 3 is 2.45 bits per heavy atom. The first-order valence-corrected chi connectivity index (χ1v) is 5.32. The number of esters is 1. The van der Waals surface area contributed by atoms with Gasteiger partial charge in [0.2, 0.25) is 0 Å². The van der Waals surface area contributed by atoms with Crippen molar-refractivity contribution < 1.29 is 32.6 Å². The highest BCUT2D eigenvalue weighted by molar-refractivity contribution is 5.88. The average molecular weight is 287 g/mol. The Bertz CT molecular complexity index is 610. The van der Waals surface area contributed by atoms with Gasteiger partial charge in [-0.05, 0) is 13.0 Å². The summed E-state index contributed by atoms with van der Waals surface area (Å²) in [7, 11) is 0. The second-order valence-electron chi connectivity index (χ2n) is 3.57. The predicted octanol–water partition coefficient (Wildman–Crippen LogP) is 1.97. The molecule has 0 aromatic heterocycles. The smallest absolute Gasteiger partial charge is 0.338 e. The molecule has 1 atom stereocenters. The number of hydrogen-bond donors (Lipinski definition) is 1. The maximum Gasteiger partial charge on any atom is 0.338 e. The summed E-state index contributed by atoms with van der Waals surface area (Å²) in [6, 6.07) is 1.50. The highest BCUT2D eigenvalue weighted by Crippen LogP contribution is 2.27. The monoisotopic (exact) mass is 287 g/mol. The third-order valence-electron chi connectivity index (χ3n) is 2.36. The summed E-state index contributed by atoms with van der Waals surface area (Å²) in [4.78, 5) is 22.0. The molecule has 0 amide bonds. The zero-order valence-corrected chi connectivity index (χ0v) is 10.1. The lowest BCUT2D eigenvalue weighted by Gasteiger charge is -2.12. The third-order valence-corrected chi connectivity index (χ3v) is 2.36. The Hall–Kier alpha value is -2.56. The van der Waals surface area contributed by atoms with Gasteiger partial charge in [0.1, 0.15) is 11.4 Å². The molecule has 1 aromatic rings. The van der Waals surface area contributed by atoms with Crippen molar-refractivity contribution in [2.45, 2.75) is 12.8 Å². The van der Waals surface area contributed by atoms with Crippen molar-refractivity contribution in [3.63, 3.8) is 0 Å². The van der Waals surface area contributed by atoms with Crippen molar-refractivity contribution in [2.24, 2.45) is 0 Å². The quantitative estimate of drug-likeness (QED) is 0.675. The molecule has 0 spiro atoms. The van der Waals surface area contributed by atoms with Gasteiger partial charge in [0.05, 0.1) is 18.2 Å². The van der Waals surface area contributed by atoms with Gasteiger partial charge in [0.25, 0.3) is 0 Å². The molecule has 1 rings (SSSR count). The van der Waals surface area contributed by atoms with Crippen molar-refractivity contribution in [3.8, 4) is 6.07 Å². The second-order valence-corrected chi connectivity index (χ2v) is 3.57. The molecule has 1 N–H and O–H groups in total. The van der Waals surface area contributed by atoms with E-state index in [4.69, 9.17) is 10.4 Å². The minimum Gasteiger partial charge on any atom is -0.478 e. The van der Waals surface area contributed by atoms with Gasteiger partial charge < -0.3 is 9.84 Å². The van der Waals surface area contributed by atoms with Crippen molar-refractivity contribution >= 4 is 11.9 Å². The zero-order valence-electron chi connectivity index (χ0n) is 10.1. The van der Waals surface area contributed by atoms with Crippen molar-refractivity contribution in [1.82, 2.24) is 0 Å². The Labute approximate surface area is 111 Å². The summed E-state index contributed by atoms with van der Waals surface area (Å²) in [5, 5.41) is 17.3. The molecule has 5 nitrogen and oxygen atoms in total. The molecular weight excluding hydrogens is 279 g/mol. The van der Waals surface area contributed by atoms with E-state index in [9.17, 15) is 22.8 Å². The molecule has 0 aliphatic heterocycles. The van der Waals surface area contributed by atoms with Crippen LogP contribution in [0.15, 0.2) is 6.07 Å². The number of carbonyl (C=O) groups excluding carboxylic acids is 1. The fraction of sp³-hybridized carbons (Fsp3) is 0.250. The van der Waals surface area contributed by atoms with E-state index in [1.807, 2.05) is 0 Å². The first kappa shape index (κ1) is 15.5. The van der Waals surface area contributed by atoms with Gasteiger partial charge in [-0.1, -0.05) is 0 Å². The summed E-state index contributed by atoms with van der Waals surface area (Å²) in [6.45, 7) is 1.27. The summed E-state index contributed by atoms with van der Waals surface area (Å²) < 4.78 is 45.2. The maximum absolute atomic E-state index is 13.7. The second kappa shape index (κ2) is 6.06. The molecule has 20 heavy (non-hydrogen) atoms. The number of nitrogens with zero attached hydrogens (tertiary/aromatic N) is 1. The van der Waals surface area contributed by atoms with Crippen LogP contribution in [0.25, 0.3) is 0 Å². The molecule has 0 saturated heterocycles. The van der Waals surface area contributed by atoms with Crippen LogP contribution < -0.4 is 0 Å². The Balaban J connectivity index is 3.46. The van der Waals surface area contributed by atoms with E-state index >= 15 is 0 Å². The van der Waals surface area contributed by atoms with Crippen LogP contribution in [0.4, 0.5) is 13.2 Å². The van der Waals surface area contributed by atoms with E-state index in [0.29, 0.717) is 0 Å².